The normalized spacial score (nSPS) is 11.1. The van der Waals surface area contributed by atoms with Gasteiger partial charge in [0.05, 0.1) is 10.2 Å². The van der Waals surface area contributed by atoms with Crippen LogP contribution in [0.2, 0.25) is 0 Å². The van der Waals surface area contributed by atoms with Crippen LogP contribution in [0, 0.1) is 0 Å². The van der Waals surface area contributed by atoms with Gasteiger partial charge in [-0.25, -0.2) is 4.98 Å². The fourth-order valence-corrected chi connectivity index (χ4v) is 4.38. The number of amides is 1. The number of anilines is 1. The van der Waals surface area contributed by atoms with Crippen molar-refractivity contribution in [2.75, 3.05) is 32.1 Å². The van der Waals surface area contributed by atoms with Gasteiger partial charge in [0, 0.05) is 18.7 Å². The molecule has 1 heterocycles. The second-order valence-electron chi connectivity index (χ2n) is 7.85. The van der Waals surface area contributed by atoms with Gasteiger partial charge in [-0.15, -0.1) is 0 Å². The molecule has 164 valence electrons. The van der Waals surface area contributed by atoms with Gasteiger partial charge in [-0.1, -0.05) is 42.5 Å². The molecule has 0 N–H and O–H groups in total. The molecule has 0 saturated carbocycles. The van der Waals surface area contributed by atoms with E-state index in [1.165, 1.54) is 5.56 Å². The average molecular weight is 446 g/mol. The van der Waals surface area contributed by atoms with Crippen LogP contribution in [-0.2, 0) is 6.42 Å². The number of thiazole rings is 1. The molecule has 0 aliphatic carbocycles. The number of fused-ring (bicyclic) bond motifs is 1. The van der Waals surface area contributed by atoms with Crippen molar-refractivity contribution in [3.05, 3.63) is 83.9 Å². The van der Waals surface area contributed by atoms with Crippen LogP contribution >= 0.6 is 11.3 Å². The fourth-order valence-electron chi connectivity index (χ4n) is 3.32. The zero-order chi connectivity index (χ0) is 22.5. The van der Waals surface area contributed by atoms with Gasteiger partial charge >= 0.3 is 0 Å². The molecule has 0 aliphatic heterocycles. The Balaban J connectivity index is 1.59. The number of likely N-dealkylation sites (N-methyl/N-ethyl adjacent to an activating group) is 1. The maximum atomic E-state index is 13.5. The number of para-hydroxylation sites is 1. The second kappa shape index (κ2) is 9.94. The van der Waals surface area contributed by atoms with E-state index in [1.54, 1.807) is 16.2 Å². The summed E-state index contributed by atoms with van der Waals surface area (Å²) in [5.41, 5.74) is 2.81. The van der Waals surface area contributed by atoms with Crippen molar-refractivity contribution in [1.29, 1.82) is 0 Å². The number of hydrogen-bond acceptors (Lipinski definition) is 5. The summed E-state index contributed by atoms with van der Waals surface area (Å²) in [5.74, 6) is 1.40. The molecule has 3 aromatic carbocycles. The van der Waals surface area contributed by atoms with E-state index in [9.17, 15) is 4.79 Å². The molecule has 6 heteroatoms. The van der Waals surface area contributed by atoms with Gasteiger partial charge < -0.3 is 9.64 Å². The molecule has 1 amide bonds. The van der Waals surface area contributed by atoms with E-state index in [0.717, 1.165) is 34.1 Å². The Labute approximate surface area is 192 Å². The summed E-state index contributed by atoms with van der Waals surface area (Å²) < 4.78 is 6.96. The third-order valence-electron chi connectivity index (χ3n) is 5.18. The summed E-state index contributed by atoms with van der Waals surface area (Å²) in [7, 11) is 4.01. The van der Waals surface area contributed by atoms with Gasteiger partial charge in [0.1, 0.15) is 11.5 Å². The lowest BCUT2D eigenvalue weighted by Gasteiger charge is -2.22. The Morgan fingerprint density at radius 2 is 1.66 bits per heavy atom. The van der Waals surface area contributed by atoms with Crippen LogP contribution in [0.25, 0.3) is 10.2 Å². The van der Waals surface area contributed by atoms with Crippen LogP contribution in [0.1, 0.15) is 22.8 Å². The van der Waals surface area contributed by atoms with Gasteiger partial charge in [-0.2, -0.15) is 0 Å². The van der Waals surface area contributed by atoms with Crippen LogP contribution in [0.4, 0.5) is 5.13 Å². The van der Waals surface area contributed by atoms with E-state index in [0.29, 0.717) is 17.9 Å². The highest BCUT2D eigenvalue weighted by Gasteiger charge is 2.21. The van der Waals surface area contributed by atoms with Gasteiger partial charge in [0.2, 0.25) is 0 Å². The maximum absolute atomic E-state index is 13.5. The summed E-state index contributed by atoms with van der Waals surface area (Å²) in [4.78, 5) is 22.1. The minimum atomic E-state index is -0.0621. The van der Waals surface area contributed by atoms with E-state index >= 15 is 0 Å². The van der Waals surface area contributed by atoms with Crippen LogP contribution < -0.4 is 9.64 Å². The van der Waals surface area contributed by atoms with Crippen LogP contribution in [-0.4, -0.2) is 43.0 Å². The van der Waals surface area contributed by atoms with E-state index in [4.69, 9.17) is 9.72 Å². The standard InChI is InChI=1S/C26H27N3O2S/c1-4-19-10-15-23-24(18-19)32-26(27-23)29(17-16-28(2)3)25(30)20-11-13-22(14-12-20)31-21-8-6-5-7-9-21/h5-15,18H,4,16-17H2,1-3H3. The molecule has 0 aliphatic rings. The quantitative estimate of drug-likeness (QED) is 0.341. The van der Waals surface area contributed by atoms with Gasteiger partial charge in [0.25, 0.3) is 5.91 Å². The molecule has 0 saturated heterocycles. The molecule has 0 radical (unpaired) electrons. The molecular weight excluding hydrogens is 418 g/mol. The number of aryl methyl sites for hydroxylation is 1. The lowest BCUT2D eigenvalue weighted by atomic mass is 10.2. The zero-order valence-corrected chi connectivity index (χ0v) is 19.4. The van der Waals surface area contributed by atoms with Gasteiger partial charge in [0.15, 0.2) is 5.13 Å². The number of ether oxygens (including phenoxy) is 1. The highest BCUT2D eigenvalue weighted by molar-refractivity contribution is 7.22. The monoisotopic (exact) mass is 445 g/mol. The molecule has 0 spiro atoms. The van der Waals surface area contributed by atoms with Crippen molar-refractivity contribution in [1.82, 2.24) is 9.88 Å². The lowest BCUT2D eigenvalue weighted by molar-refractivity contribution is 0.0985. The smallest absolute Gasteiger partial charge is 0.260 e. The topological polar surface area (TPSA) is 45.7 Å². The van der Waals surface area contributed by atoms with E-state index < -0.39 is 0 Å². The number of nitrogens with zero attached hydrogens (tertiary/aromatic N) is 3. The van der Waals surface area contributed by atoms with Crippen LogP contribution in [0.5, 0.6) is 11.5 Å². The summed E-state index contributed by atoms with van der Waals surface area (Å²) in [6.45, 7) is 3.45. The van der Waals surface area contributed by atoms with E-state index in [2.05, 4.69) is 24.0 Å². The number of rotatable bonds is 8. The molecule has 0 fully saturated rings. The summed E-state index contributed by atoms with van der Waals surface area (Å²) in [6.07, 6.45) is 0.976. The summed E-state index contributed by atoms with van der Waals surface area (Å²) in [5, 5.41) is 0.727. The van der Waals surface area contributed by atoms with Crippen molar-refractivity contribution in [3.63, 3.8) is 0 Å². The number of aromatic nitrogens is 1. The Kier molecular flexibility index (Phi) is 6.83. The van der Waals surface area contributed by atoms with Crippen molar-refractivity contribution >= 4 is 32.6 Å². The lowest BCUT2D eigenvalue weighted by Crippen LogP contribution is -2.36. The first kappa shape index (κ1) is 22.0. The predicted octanol–water partition coefficient (Wildman–Crippen LogP) is 5.86. The highest BCUT2D eigenvalue weighted by atomic mass is 32.1. The third kappa shape index (κ3) is 5.15. The molecule has 0 unspecified atom stereocenters. The van der Waals surface area contributed by atoms with Crippen molar-refractivity contribution in [3.8, 4) is 11.5 Å². The first-order valence-electron chi connectivity index (χ1n) is 10.7. The first-order chi connectivity index (χ1) is 15.5. The minimum absolute atomic E-state index is 0.0621. The molecule has 5 nitrogen and oxygen atoms in total. The third-order valence-corrected chi connectivity index (χ3v) is 6.22. The number of carbonyl (C=O) groups is 1. The molecule has 4 rings (SSSR count). The first-order valence-corrected chi connectivity index (χ1v) is 11.5. The largest absolute Gasteiger partial charge is 0.457 e. The maximum Gasteiger partial charge on any atom is 0.260 e. The zero-order valence-electron chi connectivity index (χ0n) is 18.6. The Morgan fingerprint density at radius 3 is 2.34 bits per heavy atom. The summed E-state index contributed by atoms with van der Waals surface area (Å²) >= 11 is 1.57. The Morgan fingerprint density at radius 1 is 0.938 bits per heavy atom. The molecule has 0 bridgehead atoms. The SMILES string of the molecule is CCc1ccc2nc(N(CCN(C)C)C(=O)c3ccc(Oc4ccccc4)cc3)sc2c1. The fraction of sp³-hybridized carbons (Fsp3) is 0.231. The van der Waals surface area contributed by atoms with Crippen molar-refractivity contribution in [2.24, 2.45) is 0 Å². The molecule has 0 atom stereocenters. The number of hydrogen-bond donors (Lipinski definition) is 0. The van der Waals surface area contributed by atoms with Crippen LogP contribution in [0.3, 0.4) is 0 Å². The van der Waals surface area contributed by atoms with E-state index in [-0.39, 0.29) is 5.91 Å². The van der Waals surface area contributed by atoms with Gasteiger partial charge in [-0.3, -0.25) is 9.69 Å². The van der Waals surface area contributed by atoms with Crippen molar-refractivity contribution < 1.29 is 9.53 Å². The number of benzene rings is 3. The van der Waals surface area contributed by atoms with E-state index in [1.807, 2.05) is 74.8 Å². The second-order valence-corrected chi connectivity index (χ2v) is 8.86. The minimum Gasteiger partial charge on any atom is -0.457 e. The Hall–Kier alpha value is -3.22. The Bertz CT molecular complexity index is 1190. The highest BCUT2D eigenvalue weighted by Crippen LogP contribution is 2.31. The molecule has 32 heavy (non-hydrogen) atoms. The predicted molar refractivity (Wildman–Crippen MR) is 132 cm³/mol. The van der Waals surface area contributed by atoms with Gasteiger partial charge in [-0.05, 0) is 74.6 Å². The molecule has 4 aromatic rings. The average Bonchev–Trinajstić information content (AvgIpc) is 3.23. The summed E-state index contributed by atoms with van der Waals surface area (Å²) in [6, 6.07) is 23.2. The number of carbonyl (C=O) groups excluding carboxylic acids is 1. The van der Waals surface area contributed by atoms with Crippen molar-refractivity contribution in [2.45, 2.75) is 13.3 Å². The van der Waals surface area contributed by atoms with Crippen LogP contribution in [0.15, 0.2) is 72.8 Å². The molecular formula is C26H27N3O2S. The molecule has 1 aromatic heterocycles.